The molecule has 0 fully saturated rings. The second-order valence-corrected chi connectivity index (χ2v) is 3.39. The summed E-state index contributed by atoms with van der Waals surface area (Å²) >= 11 is 1.89. The van der Waals surface area contributed by atoms with Gasteiger partial charge < -0.3 is 4.98 Å². The van der Waals surface area contributed by atoms with Crippen LogP contribution >= 0.6 is 22.6 Å². The van der Waals surface area contributed by atoms with Crippen molar-refractivity contribution in [3.05, 3.63) is 31.2 Å². The van der Waals surface area contributed by atoms with E-state index in [1.807, 2.05) is 22.6 Å². The van der Waals surface area contributed by atoms with Gasteiger partial charge in [0.15, 0.2) is 5.43 Å². The number of alkyl halides is 2. The summed E-state index contributed by atoms with van der Waals surface area (Å²) in [4.78, 5) is 13.7. The molecule has 1 rings (SSSR count). The van der Waals surface area contributed by atoms with Crippen LogP contribution < -0.4 is 5.43 Å². The van der Waals surface area contributed by atoms with E-state index in [0.29, 0.717) is 9.26 Å². The average molecular weight is 285 g/mol. The SMILES string of the molecule is Cc1c(I)[nH]cc(C(F)F)c1=O. The van der Waals surface area contributed by atoms with Crippen LogP contribution in [0.5, 0.6) is 0 Å². The number of hydrogen-bond donors (Lipinski definition) is 1. The Morgan fingerprint density at radius 3 is 2.67 bits per heavy atom. The van der Waals surface area contributed by atoms with E-state index in [9.17, 15) is 13.6 Å². The Hall–Kier alpha value is -0.460. The van der Waals surface area contributed by atoms with Gasteiger partial charge in [0.05, 0.1) is 9.26 Å². The molecule has 0 amide bonds. The fourth-order valence-electron chi connectivity index (χ4n) is 0.793. The molecule has 0 aliphatic heterocycles. The van der Waals surface area contributed by atoms with E-state index in [-0.39, 0.29) is 0 Å². The standard InChI is InChI=1S/C7H6F2INO/c1-3-5(12)4(6(8)9)2-11-7(3)10/h2,6H,1H3,(H,11,12). The number of hydrogen-bond acceptors (Lipinski definition) is 1. The minimum atomic E-state index is -2.70. The predicted molar refractivity (Wildman–Crippen MR) is 49.5 cm³/mol. The van der Waals surface area contributed by atoms with E-state index in [4.69, 9.17) is 0 Å². The molecular formula is C7H6F2INO. The van der Waals surface area contributed by atoms with Crippen molar-refractivity contribution in [2.45, 2.75) is 13.3 Å². The summed E-state index contributed by atoms with van der Waals surface area (Å²) in [5.41, 5.74) is -0.700. The zero-order valence-electron chi connectivity index (χ0n) is 6.20. The first-order chi connectivity index (χ1) is 5.54. The van der Waals surface area contributed by atoms with Crippen molar-refractivity contribution in [2.75, 3.05) is 0 Å². The summed E-state index contributed by atoms with van der Waals surface area (Å²) in [5, 5.41) is 0. The number of halogens is 3. The van der Waals surface area contributed by atoms with Crippen LogP contribution in [-0.4, -0.2) is 4.98 Å². The van der Waals surface area contributed by atoms with Gasteiger partial charge in [0.2, 0.25) is 0 Å². The molecule has 0 aromatic carbocycles. The highest BCUT2D eigenvalue weighted by Crippen LogP contribution is 2.15. The molecule has 12 heavy (non-hydrogen) atoms. The van der Waals surface area contributed by atoms with E-state index in [1.54, 1.807) is 0 Å². The van der Waals surface area contributed by atoms with Gasteiger partial charge in [-0.3, -0.25) is 4.79 Å². The molecule has 1 N–H and O–H groups in total. The molecule has 0 aliphatic carbocycles. The summed E-state index contributed by atoms with van der Waals surface area (Å²) in [5.74, 6) is 0. The molecule has 5 heteroatoms. The van der Waals surface area contributed by atoms with Gasteiger partial charge in [-0.05, 0) is 29.5 Å². The largest absolute Gasteiger partial charge is 0.356 e. The third kappa shape index (κ3) is 1.65. The lowest BCUT2D eigenvalue weighted by molar-refractivity contribution is 0.149. The topological polar surface area (TPSA) is 32.9 Å². The highest BCUT2D eigenvalue weighted by atomic mass is 127. The summed E-state index contributed by atoms with van der Waals surface area (Å²) in [7, 11) is 0. The average Bonchev–Trinajstić information content (AvgIpc) is 2.00. The highest BCUT2D eigenvalue weighted by Gasteiger charge is 2.14. The molecule has 1 aromatic heterocycles. The lowest BCUT2D eigenvalue weighted by Gasteiger charge is -2.01. The summed E-state index contributed by atoms with van der Waals surface area (Å²) in [6, 6.07) is 0. The molecule has 0 spiro atoms. The van der Waals surface area contributed by atoms with Crippen LogP contribution in [0.2, 0.25) is 0 Å². The van der Waals surface area contributed by atoms with Gasteiger partial charge in [0.1, 0.15) is 0 Å². The Bertz CT molecular complexity index is 348. The molecule has 1 aromatic rings. The van der Waals surface area contributed by atoms with E-state index in [2.05, 4.69) is 4.98 Å². The van der Waals surface area contributed by atoms with Crippen LogP contribution in [0, 0.1) is 10.6 Å². The van der Waals surface area contributed by atoms with Gasteiger partial charge in [-0.15, -0.1) is 0 Å². The number of H-pyrrole nitrogens is 1. The third-order valence-corrected chi connectivity index (χ3v) is 2.64. The minimum absolute atomic E-state index is 0.341. The monoisotopic (exact) mass is 285 g/mol. The molecule has 0 saturated carbocycles. The van der Waals surface area contributed by atoms with Gasteiger partial charge in [0.25, 0.3) is 6.43 Å². The number of rotatable bonds is 1. The van der Waals surface area contributed by atoms with Crippen LogP contribution in [0.4, 0.5) is 8.78 Å². The smallest absolute Gasteiger partial charge is 0.269 e. The summed E-state index contributed by atoms with van der Waals surface area (Å²) in [6.07, 6.45) is -1.65. The van der Waals surface area contributed by atoms with Gasteiger partial charge in [-0.25, -0.2) is 8.78 Å². The number of nitrogens with one attached hydrogen (secondary N) is 1. The highest BCUT2D eigenvalue weighted by molar-refractivity contribution is 14.1. The Morgan fingerprint density at radius 2 is 2.17 bits per heavy atom. The van der Waals surface area contributed by atoms with Crippen molar-refractivity contribution in [1.82, 2.24) is 4.98 Å². The van der Waals surface area contributed by atoms with Crippen molar-refractivity contribution in [1.29, 1.82) is 0 Å². The van der Waals surface area contributed by atoms with E-state index in [0.717, 1.165) is 6.20 Å². The van der Waals surface area contributed by atoms with Crippen molar-refractivity contribution < 1.29 is 8.78 Å². The fourth-order valence-corrected chi connectivity index (χ4v) is 1.19. The van der Waals surface area contributed by atoms with E-state index < -0.39 is 17.4 Å². The van der Waals surface area contributed by atoms with Gasteiger partial charge in [-0.1, -0.05) is 0 Å². The minimum Gasteiger partial charge on any atom is -0.356 e. The molecule has 1 heterocycles. The van der Waals surface area contributed by atoms with Gasteiger partial charge in [-0.2, -0.15) is 0 Å². The molecular weight excluding hydrogens is 279 g/mol. The van der Waals surface area contributed by atoms with Crippen molar-refractivity contribution in [3.8, 4) is 0 Å². The van der Waals surface area contributed by atoms with Crippen LogP contribution in [0.1, 0.15) is 17.6 Å². The molecule has 0 radical (unpaired) electrons. The molecule has 0 atom stereocenters. The molecule has 66 valence electrons. The zero-order chi connectivity index (χ0) is 9.30. The summed E-state index contributed by atoms with van der Waals surface area (Å²) in [6.45, 7) is 1.52. The Labute approximate surface area is 81.1 Å². The first-order valence-corrected chi connectivity index (χ1v) is 4.27. The lowest BCUT2D eigenvalue weighted by Crippen LogP contribution is -2.14. The summed E-state index contributed by atoms with van der Waals surface area (Å²) < 4.78 is 24.8. The Kier molecular flexibility index (Phi) is 2.81. The van der Waals surface area contributed by atoms with Crippen LogP contribution in [0.25, 0.3) is 0 Å². The van der Waals surface area contributed by atoms with Crippen molar-refractivity contribution >= 4 is 22.6 Å². The quantitative estimate of drug-likeness (QED) is 0.623. The maximum Gasteiger partial charge on any atom is 0.269 e. The number of aromatic amines is 1. The lowest BCUT2D eigenvalue weighted by atomic mass is 10.2. The van der Waals surface area contributed by atoms with E-state index in [1.165, 1.54) is 6.92 Å². The third-order valence-electron chi connectivity index (χ3n) is 1.52. The Balaban J connectivity index is 3.37. The molecule has 2 nitrogen and oxygen atoms in total. The predicted octanol–water partition coefficient (Wildman–Crippen LogP) is 2.23. The molecule has 0 saturated heterocycles. The first kappa shape index (κ1) is 9.63. The van der Waals surface area contributed by atoms with Gasteiger partial charge in [0, 0.05) is 11.8 Å². The normalized spacial score (nSPS) is 10.8. The maximum atomic E-state index is 12.1. The van der Waals surface area contributed by atoms with Crippen LogP contribution in [-0.2, 0) is 0 Å². The van der Waals surface area contributed by atoms with Crippen LogP contribution in [0.3, 0.4) is 0 Å². The number of aromatic nitrogens is 1. The molecule has 0 unspecified atom stereocenters. The fraction of sp³-hybridized carbons (Fsp3) is 0.286. The number of pyridine rings is 1. The van der Waals surface area contributed by atoms with Gasteiger partial charge >= 0.3 is 0 Å². The second-order valence-electron chi connectivity index (χ2n) is 2.31. The Morgan fingerprint density at radius 1 is 1.58 bits per heavy atom. The first-order valence-electron chi connectivity index (χ1n) is 3.20. The molecule has 0 bridgehead atoms. The zero-order valence-corrected chi connectivity index (χ0v) is 8.35. The molecule has 0 aliphatic rings. The second kappa shape index (κ2) is 3.51. The van der Waals surface area contributed by atoms with E-state index >= 15 is 0 Å². The van der Waals surface area contributed by atoms with Crippen molar-refractivity contribution in [2.24, 2.45) is 0 Å². The maximum absolute atomic E-state index is 12.1. The van der Waals surface area contributed by atoms with Crippen LogP contribution in [0.15, 0.2) is 11.0 Å². The van der Waals surface area contributed by atoms with Crippen molar-refractivity contribution in [3.63, 3.8) is 0 Å².